The Morgan fingerprint density at radius 3 is 2.93 bits per heavy atom. The monoisotopic (exact) mass is 192 g/mol. The molecule has 0 atom stereocenters. The summed E-state index contributed by atoms with van der Waals surface area (Å²) in [6.07, 6.45) is 7.96. The van der Waals surface area contributed by atoms with Crippen molar-refractivity contribution >= 4 is 0 Å². The molecule has 1 aromatic rings. The second-order valence-electron chi connectivity index (χ2n) is 4.08. The van der Waals surface area contributed by atoms with Crippen molar-refractivity contribution in [2.24, 2.45) is 5.73 Å². The molecule has 0 spiro atoms. The quantitative estimate of drug-likeness (QED) is 0.789. The van der Waals surface area contributed by atoms with Crippen LogP contribution in [0.2, 0.25) is 0 Å². The third-order valence-electron chi connectivity index (χ3n) is 2.97. The maximum absolute atomic E-state index is 6.18. The van der Waals surface area contributed by atoms with Gasteiger partial charge in [-0.1, -0.05) is 0 Å². The van der Waals surface area contributed by atoms with Crippen molar-refractivity contribution in [3.05, 3.63) is 24.0 Å². The van der Waals surface area contributed by atoms with Crippen LogP contribution in [0.1, 0.15) is 24.8 Å². The topological polar surface area (TPSA) is 48.1 Å². The largest absolute Gasteiger partial charge is 0.496 e. The van der Waals surface area contributed by atoms with Crippen LogP contribution in [-0.2, 0) is 6.42 Å². The minimum atomic E-state index is -0.00366. The van der Waals surface area contributed by atoms with Crippen LogP contribution in [0.4, 0.5) is 0 Å². The summed E-state index contributed by atoms with van der Waals surface area (Å²) in [6.45, 7) is 0. The average molecular weight is 192 g/mol. The molecule has 0 aliphatic heterocycles. The molecule has 0 unspecified atom stereocenters. The maximum atomic E-state index is 6.18. The van der Waals surface area contributed by atoms with E-state index in [1.807, 2.05) is 12.3 Å². The summed E-state index contributed by atoms with van der Waals surface area (Å²) in [5.74, 6) is 0.900. The number of methoxy groups -OCH3 is 1. The number of hydrogen-bond acceptors (Lipinski definition) is 3. The SMILES string of the molecule is COc1ccncc1CC1(N)CCC1. The molecule has 1 aromatic heterocycles. The summed E-state index contributed by atoms with van der Waals surface area (Å²) >= 11 is 0. The highest BCUT2D eigenvalue weighted by Crippen LogP contribution is 2.34. The predicted octanol–water partition coefficient (Wildman–Crippen LogP) is 1.51. The first-order chi connectivity index (χ1) is 6.73. The fraction of sp³-hybridized carbons (Fsp3) is 0.545. The standard InChI is InChI=1S/C11H16N2O/c1-14-10-3-6-13-8-9(10)7-11(12)4-2-5-11/h3,6,8H,2,4-5,7,12H2,1H3. The number of nitrogens with two attached hydrogens (primary N) is 1. The third-order valence-corrected chi connectivity index (χ3v) is 2.97. The van der Waals surface area contributed by atoms with Crippen LogP contribution in [-0.4, -0.2) is 17.6 Å². The zero-order valence-electron chi connectivity index (χ0n) is 8.49. The molecule has 0 radical (unpaired) electrons. The van der Waals surface area contributed by atoms with Gasteiger partial charge in [-0.05, 0) is 31.7 Å². The van der Waals surface area contributed by atoms with Gasteiger partial charge in [-0.3, -0.25) is 4.98 Å². The average Bonchev–Trinajstić information content (AvgIpc) is 2.16. The van der Waals surface area contributed by atoms with Gasteiger partial charge in [0.2, 0.25) is 0 Å². The first-order valence-electron chi connectivity index (χ1n) is 4.99. The van der Waals surface area contributed by atoms with Crippen LogP contribution >= 0.6 is 0 Å². The Morgan fingerprint density at radius 1 is 1.57 bits per heavy atom. The lowest BCUT2D eigenvalue weighted by atomic mass is 9.74. The number of rotatable bonds is 3. The van der Waals surface area contributed by atoms with Gasteiger partial charge in [0.15, 0.2) is 0 Å². The molecule has 76 valence electrons. The van der Waals surface area contributed by atoms with E-state index in [1.165, 1.54) is 6.42 Å². The molecule has 1 aliphatic rings. The Labute approximate surface area is 84.3 Å². The summed E-state index contributed by atoms with van der Waals surface area (Å²) in [6, 6.07) is 1.89. The van der Waals surface area contributed by atoms with Gasteiger partial charge in [0.1, 0.15) is 5.75 Å². The molecular formula is C11H16N2O. The van der Waals surface area contributed by atoms with Gasteiger partial charge < -0.3 is 10.5 Å². The van der Waals surface area contributed by atoms with Crippen LogP contribution in [0.3, 0.4) is 0 Å². The van der Waals surface area contributed by atoms with Gasteiger partial charge in [0.05, 0.1) is 7.11 Å². The number of pyridine rings is 1. The van der Waals surface area contributed by atoms with Crippen LogP contribution in [0.25, 0.3) is 0 Å². The molecule has 1 aliphatic carbocycles. The molecule has 0 aromatic carbocycles. The van der Waals surface area contributed by atoms with Crippen molar-refractivity contribution in [1.82, 2.24) is 4.98 Å². The van der Waals surface area contributed by atoms with Gasteiger partial charge in [-0.25, -0.2) is 0 Å². The highest BCUT2D eigenvalue weighted by atomic mass is 16.5. The normalized spacial score (nSPS) is 18.7. The summed E-state index contributed by atoms with van der Waals surface area (Å²) in [7, 11) is 1.68. The van der Waals surface area contributed by atoms with Crippen LogP contribution < -0.4 is 10.5 Å². The van der Waals surface area contributed by atoms with E-state index >= 15 is 0 Å². The minimum Gasteiger partial charge on any atom is -0.496 e. The van der Waals surface area contributed by atoms with Crippen LogP contribution in [0, 0.1) is 0 Å². The van der Waals surface area contributed by atoms with Gasteiger partial charge >= 0.3 is 0 Å². The molecule has 0 saturated heterocycles. The molecule has 2 rings (SSSR count). The zero-order chi connectivity index (χ0) is 10.0. The molecule has 1 fully saturated rings. The lowest BCUT2D eigenvalue weighted by Gasteiger charge is -2.38. The van der Waals surface area contributed by atoms with E-state index in [0.717, 1.165) is 30.6 Å². The first-order valence-corrected chi connectivity index (χ1v) is 4.99. The smallest absolute Gasteiger partial charge is 0.125 e. The summed E-state index contributed by atoms with van der Waals surface area (Å²) in [5.41, 5.74) is 7.29. The number of ether oxygens (including phenoxy) is 1. The van der Waals surface area contributed by atoms with E-state index in [0.29, 0.717) is 0 Å². The summed E-state index contributed by atoms with van der Waals surface area (Å²) in [5, 5.41) is 0. The fourth-order valence-electron chi connectivity index (χ4n) is 1.93. The molecule has 0 amide bonds. The van der Waals surface area contributed by atoms with Crippen molar-refractivity contribution in [2.75, 3.05) is 7.11 Å². The second-order valence-corrected chi connectivity index (χ2v) is 4.08. The Kier molecular flexibility index (Phi) is 2.42. The Morgan fingerprint density at radius 2 is 2.36 bits per heavy atom. The van der Waals surface area contributed by atoms with E-state index in [-0.39, 0.29) is 5.54 Å². The molecule has 2 N–H and O–H groups in total. The Balaban J connectivity index is 2.15. The highest BCUT2D eigenvalue weighted by Gasteiger charge is 2.33. The molecule has 1 saturated carbocycles. The van der Waals surface area contributed by atoms with Gasteiger partial charge in [0.25, 0.3) is 0 Å². The van der Waals surface area contributed by atoms with Gasteiger partial charge in [-0.15, -0.1) is 0 Å². The van der Waals surface area contributed by atoms with Crippen molar-refractivity contribution in [2.45, 2.75) is 31.2 Å². The van der Waals surface area contributed by atoms with Crippen molar-refractivity contribution in [1.29, 1.82) is 0 Å². The Hall–Kier alpha value is -1.09. The molecule has 3 nitrogen and oxygen atoms in total. The fourth-order valence-corrected chi connectivity index (χ4v) is 1.93. The molecule has 1 heterocycles. The van der Waals surface area contributed by atoms with Crippen LogP contribution in [0.5, 0.6) is 5.75 Å². The van der Waals surface area contributed by atoms with E-state index in [1.54, 1.807) is 13.3 Å². The summed E-state index contributed by atoms with van der Waals surface area (Å²) < 4.78 is 5.26. The lowest BCUT2D eigenvalue weighted by Crippen LogP contribution is -2.48. The van der Waals surface area contributed by atoms with Crippen molar-refractivity contribution in [3.8, 4) is 5.75 Å². The minimum absolute atomic E-state index is 0.00366. The molecule has 3 heteroatoms. The van der Waals surface area contributed by atoms with E-state index < -0.39 is 0 Å². The lowest BCUT2D eigenvalue weighted by molar-refractivity contribution is 0.244. The zero-order valence-corrected chi connectivity index (χ0v) is 8.49. The number of aromatic nitrogens is 1. The van der Waals surface area contributed by atoms with Crippen molar-refractivity contribution in [3.63, 3.8) is 0 Å². The van der Waals surface area contributed by atoms with E-state index in [2.05, 4.69) is 4.98 Å². The molecule has 14 heavy (non-hydrogen) atoms. The van der Waals surface area contributed by atoms with Crippen LogP contribution in [0.15, 0.2) is 18.5 Å². The predicted molar refractivity (Wildman–Crippen MR) is 55.3 cm³/mol. The maximum Gasteiger partial charge on any atom is 0.125 e. The third kappa shape index (κ3) is 1.73. The molecular weight excluding hydrogens is 176 g/mol. The highest BCUT2D eigenvalue weighted by molar-refractivity contribution is 5.32. The van der Waals surface area contributed by atoms with Gasteiger partial charge in [0, 0.05) is 23.5 Å². The molecule has 0 bridgehead atoms. The number of nitrogens with zero attached hydrogens (tertiary/aromatic N) is 1. The van der Waals surface area contributed by atoms with Crippen molar-refractivity contribution < 1.29 is 4.74 Å². The summed E-state index contributed by atoms with van der Waals surface area (Å²) in [4.78, 5) is 4.10. The number of hydrogen-bond donors (Lipinski definition) is 1. The van der Waals surface area contributed by atoms with Gasteiger partial charge in [-0.2, -0.15) is 0 Å². The van der Waals surface area contributed by atoms with E-state index in [9.17, 15) is 0 Å². The Bertz CT molecular complexity index is 321. The van der Waals surface area contributed by atoms with E-state index in [4.69, 9.17) is 10.5 Å². The first kappa shape index (κ1) is 9.46. The second kappa shape index (κ2) is 3.58.